The molecule has 87 valence electrons. The first kappa shape index (κ1) is 22.4. The molecule has 1 aliphatic carbocycles. The first-order chi connectivity index (χ1) is 5.68. The molecule has 0 aliphatic heterocycles. The van der Waals surface area contributed by atoms with Crippen molar-refractivity contribution in [2.24, 2.45) is 0 Å². The van der Waals surface area contributed by atoms with Crippen LogP contribution in [0.1, 0.15) is 13.3 Å². The van der Waals surface area contributed by atoms with Crippen molar-refractivity contribution in [1.29, 1.82) is 0 Å². The Labute approximate surface area is 138 Å². The van der Waals surface area contributed by atoms with Gasteiger partial charge in [0.2, 0.25) is 0 Å². The average molecular weight is 499 g/mol. The molecule has 0 saturated carbocycles. The number of allylic oxidation sites excluding steroid dienone is 4. The zero-order chi connectivity index (χ0) is 8.97. The molecule has 0 saturated heterocycles. The van der Waals surface area contributed by atoms with Crippen LogP contribution in [0.5, 0.6) is 0 Å². The van der Waals surface area contributed by atoms with Gasteiger partial charge in [-0.2, -0.15) is 0 Å². The summed E-state index contributed by atoms with van der Waals surface area (Å²) in [4.78, 5) is 0. The van der Waals surface area contributed by atoms with Crippen LogP contribution in [0.25, 0.3) is 0 Å². The second-order valence-corrected chi connectivity index (χ2v) is 10.9. The quantitative estimate of drug-likeness (QED) is 0.339. The van der Waals surface area contributed by atoms with E-state index in [1.807, 2.05) is 0 Å². The Bertz CT molecular complexity index is 205. The number of hydrogen-bond donors (Lipinski definition) is 0. The molecule has 0 fully saturated rings. The van der Waals surface area contributed by atoms with Gasteiger partial charge in [-0.25, -0.2) is 0 Å². The van der Waals surface area contributed by atoms with Gasteiger partial charge in [-0.15, -0.1) is 0 Å². The molecule has 0 aromatic heterocycles. The second kappa shape index (κ2) is 12.7. The summed E-state index contributed by atoms with van der Waals surface area (Å²) in [6.07, 6.45) is 9.66. The summed E-state index contributed by atoms with van der Waals surface area (Å²) in [6.45, 7) is 7.24. The van der Waals surface area contributed by atoms with Gasteiger partial charge in [0.15, 0.2) is 0 Å². The molecule has 0 aromatic rings. The molecule has 1 unspecified atom stereocenters. The summed E-state index contributed by atoms with van der Waals surface area (Å²) in [6, 6.07) is 0. The summed E-state index contributed by atoms with van der Waals surface area (Å²) >= 11 is -0.191. The van der Waals surface area contributed by atoms with E-state index < -0.39 is 0 Å². The van der Waals surface area contributed by atoms with Crippen LogP contribution < -0.4 is 50.9 Å². The first-order valence-corrected chi connectivity index (χ1v) is 9.52. The summed E-state index contributed by atoms with van der Waals surface area (Å²) in [5, 5.41) is 0. The molecule has 0 spiro atoms. The number of hydrogen-bond acceptors (Lipinski definition) is 0. The van der Waals surface area contributed by atoms with Crippen molar-refractivity contribution in [3.63, 3.8) is 0 Å². The Morgan fingerprint density at radius 2 is 1.93 bits per heavy atom. The molecule has 0 amide bonds. The molecule has 1 aliphatic rings. The molecule has 0 heterocycles. The fourth-order valence-corrected chi connectivity index (χ4v) is 8.62. The minimum absolute atomic E-state index is 0. The topological polar surface area (TPSA) is 0 Å². The van der Waals surface area contributed by atoms with Crippen molar-refractivity contribution in [2.75, 3.05) is 19.5 Å². The van der Waals surface area contributed by atoms with E-state index in [2.05, 4.69) is 38.5 Å². The molecule has 1 rings (SSSR count). The third-order valence-electron chi connectivity index (χ3n) is 1.84. The second-order valence-electron chi connectivity index (χ2n) is 3.63. The van der Waals surface area contributed by atoms with Crippen molar-refractivity contribution in [3.8, 4) is 0 Å². The summed E-state index contributed by atoms with van der Waals surface area (Å²) < 4.78 is 2.85. The molecular weight excluding hydrogens is 482 g/mol. The van der Waals surface area contributed by atoms with E-state index in [9.17, 15) is 0 Å². The number of rotatable bonds is 4. The van der Waals surface area contributed by atoms with Crippen LogP contribution in [-0.2, 0) is 23.2 Å². The van der Waals surface area contributed by atoms with Crippen LogP contribution in [-0.4, -0.2) is 19.5 Å². The van der Waals surface area contributed by atoms with E-state index >= 15 is 0 Å². The SMILES string of the molecule is C[CH](CP(C)C)[Zr+3][C]1=CC=CC1.[Br-].[Br-].[Br-]. The van der Waals surface area contributed by atoms with Crippen LogP contribution in [0.2, 0.25) is 3.63 Å². The third kappa shape index (κ3) is 11.1. The molecular formula is C10H17Br3PZr. The zero-order valence-corrected chi connectivity index (χ0v) is 17.4. The number of halogens is 3. The predicted octanol–water partition coefficient (Wildman–Crippen LogP) is -5.53. The van der Waals surface area contributed by atoms with Gasteiger partial charge in [0.25, 0.3) is 0 Å². The standard InChI is InChI=1S/C5H12P.C5H5.3BrH.Zr/c1-4-5-6(2)3;1-2-4-5-3-1;;;;/h4H,5H2,1-3H3;1-3H,4H2;3*1H;/q;;;;;+3/p-3. The van der Waals surface area contributed by atoms with Gasteiger partial charge in [0.05, 0.1) is 0 Å². The van der Waals surface area contributed by atoms with E-state index in [1.54, 1.807) is 3.28 Å². The van der Waals surface area contributed by atoms with Crippen LogP contribution in [0.3, 0.4) is 0 Å². The van der Waals surface area contributed by atoms with Gasteiger partial charge in [-0.05, 0) is 0 Å². The van der Waals surface area contributed by atoms with Gasteiger partial charge in [-0.1, -0.05) is 0 Å². The van der Waals surface area contributed by atoms with E-state index in [-0.39, 0.29) is 74.2 Å². The van der Waals surface area contributed by atoms with Crippen LogP contribution >= 0.6 is 7.92 Å². The van der Waals surface area contributed by atoms with Gasteiger partial charge in [0.1, 0.15) is 0 Å². The Morgan fingerprint density at radius 1 is 1.33 bits per heavy atom. The Balaban J connectivity index is -0.000000480. The maximum atomic E-state index is 2.45. The van der Waals surface area contributed by atoms with Gasteiger partial charge < -0.3 is 50.9 Å². The van der Waals surface area contributed by atoms with E-state index in [0.29, 0.717) is 7.92 Å². The minimum Gasteiger partial charge on any atom is -1.00 e. The van der Waals surface area contributed by atoms with Gasteiger partial charge in [0, 0.05) is 0 Å². The van der Waals surface area contributed by atoms with E-state index in [1.165, 1.54) is 12.6 Å². The Morgan fingerprint density at radius 3 is 2.33 bits per heavy atom. The van der Waals surface area contributed by atoms with Crippen molar-refractivity contribution in [3.05, 3.63) is 21.5 Å². The molecule has 0 aromatic carbocycles. The molecule has 0 radical (unpaired) electrons. The van der Waals surface area contributed by atoms with Gasteiger partial charge in [-0.3, -0.25) is 0 Å². The Kier molecular flexibility index (Phi) is 19.0. The monoisotopic (exact) mass is 495 g/mol. The van der Waals surface area contributed by atoms with Gasteiger partial charge >= 0.3 is 89.1 Å². The predicted molar refractivity (Wildman–Crippen MR) is 54.9 cm³/mol. The van der Waals surface area contributed by atoms with Crippen molar-refractivity contribution < 1.29 is 74.2 Å². The largest absolute Gasteiger partial charge is 1.00 e. The summed E-state index contributed by atoms with van der Waals surface area (Å²) in [7, 11) is 0.335. The zero-order valence-electron chi connectivity index (χ0n) is 9.30. The minimum atomic E-state index is -0.191. The maximum absolute atomic E-state index is 2.45. The summed E-state index contributed by atoms with van der Waals surface area (Å²) in [5.41, 5.74) is 0. The molecule has 1 atom stereocenters. The fraction of sp³-hybridized carbons (Fsp3) is 0.600. The van der Waals surface area contributed by atoms with Crippen LogP contribution in [0.4, 0.5) is 0 Å². The third-order valence-corrected chi connectivity index (χ3v) is 7.50. The first-order valence-electron chi connectivity index (χ1n) is 4.45. The molecule has 5 heteroatoms. The smallest absolute Gasteiger partial charge is 1.00 e. The average Bonchev–Trinajstić information content (AvgIpc) is 2.37. The fourth-order valence-electron chi connectivity index (χ4n) is 1.46. The van der Waals surface area contributed by atoms with Crippen molar-refractivity contribution in [1.82, 2.24) is 0 Å². The maximum Gasteiger partial charge on any atom is -1.00 e. The van der Waals surface area contributed by atoms with E-state index in [0.717, 1.165) is 3.63 Å². The molecule has 15 heavy (non-hydrogen) atoms. The summed E-state index contributed by atoms with van der Waals surface area (Å²) in [5.74, 6) is 0. The van der Waals surface area contributed by atoms with Crippen LogP contribution in [0, 0.1) is 0 Å². The van der Waals surface area contributed by atoms with E-state index in [4.69, 9.17) is 0 Å². The molecule has 0 bridgehead atoms. The molecule has 0 N–H and O–H groups in total. The Hall–Kier alpha value is 2.23. The normalized spacial score (nSPS) is 14.3. The van der Waals surface area contributed by atoms with Crippen LogP contribution in [0.15, 0.2) is 21.5 Å². The molecule has 0 nitrogen and oxygen atoms in total. The van der Waals surface area contributed by atoms with Crippen molar-refractivity contribution >= 4 is 7.92 Å². The van der Waals surface area contributed by atoms with Crippen molar-refractivity contribution in [2.45, 2.75) is 17.0 Å².